The fourth-order valence-corrected chi connectivity index (χ4v) is 2.46. The summed E-state index contributed by atoms with van der Waals surface area (Å²) in [5.74, 6) is -0.503. The van der Waals surface area contributed by atoms with Crippen molar-refractivity contribution in [2.75, 3.05) is 11.9 Å². The fourth-order valence-electron chi connectivity index (χ4n) is 2.46. The second-order valence-electron chi connectivity index (χ2n) is 5.23. The molecule has 4 nitrogen and oxygen atoms in total. The lowest BCUT2D eigenvalue weighted by molar-refractivity contribution is 0.623. The van der Waals surface area contributed by atoms with Crippen LogP contribution in [-0.2, 0) is 6.54 Å². The SMILES string of the molecule is CN(Cc1cnn(-c2ccccc2)c1)c1cccc(F)c1C#N. The van der Waals surface area contributed by atoms with Gasteiger partial charge in [0.2, 0.25) is 0 Å². The molecule has 3 rings (SSSR count). The number of rotatable bonds is 4. The molecule has 0 aliphatic heterocycles. The van der Waals surface area contributed by atoms with E-state index in [0.717, 1.165) is 11.3 Å². The molecule has 0 bridgehead atoms. The summed E-state index contributed by atoms with van der Waals surface area (Å²) in [4.78, 5) is 1.84. The lowest BCUT2D eigenvalue weighted by atomic mass is 10.1. The Balaban J connectivity index is 1.82. The van der Waals surface area contributed by atoms with Gasteiger partial charge in [-0.1, -0.05) is 24.3 Å². The van der Waals surface area contributed by atoms with E-state index in [4.69, 9.17) is 5.26 Å². The van der Waals surface area contributed by atoms with Crippen molar-refractivity contribution in [1.29, 1.82) is 5.26 Å². The maximum absolute atomic E-state index is 13.7. The summed E-state index contributed by atoms with van der Waals surface area (Å²) < 4.78 is 15.5. The number of nitriles is 1. The molecule has 0 amide bonds. The van der Waals surface area contributed by atoms with E-state index in [0.29, 0.717) is 12.2 Å². The van der Waals surface area contributed by atoms with Crippen LogP contribution >= 0.6 is 0 Å². The highest BCUT2D eigenvalue weighted by Gasteiger charge is 2.12. The van der Waals surface area contributed by atoms with Gasteiger partial charge in [0, 0.05) is 25.4 Å². The lowest BCUT2D eigenvalue weighted by Gasteiger charge is -2.19. The Morgan fingerprint density at radius 3 is 2.70 bits per heavy atom. The Labute approximate surface area is 134 Å². The third kappa shape index (κ3) is 3.06. The molecular weight excluding hydrogens is 291 g/mol. The van der Waals surface area contributed by atoms with E-state index in [-0.39, 0.29) is 5.56 Å². The van der Waals surface area contributed by atoms with Crippen molar-refractivity contribution in [1.82, 2.24) is 9.78 Å². The van der Waals surface area contributed by atoms with Gasteiger partial charge in [-0.05, 0) is 24.3 Å². The Bertz CT molecular complexity index is 849. The largest absolute Gasteiger partial charge is 0.369 e. The Kier molecular flexibility index (Phi) is 4.07. The standard InChI is InChI=1S/C18H15FN4/c1-22(18-9-5-8-17(19)16(18)10-20)12-14-11-21-23(13-14)15-6-3-2-4-7-15/h2-9,11,13H,12H2,1H3. The van der Waals surface area contributed by atoms with E-state index < -0.39 is 5.82 Å². The summed E-state index contributed by atoms with van der Waals surface area (Å²) in [6, 6.07) is 16.4. The monoisotopic (exact) mass is 306 g/mol. The Morgan fingerprint density at radius 2 is 1.96 bits per heavy atom. The van der Waals surface area contributed by atoms with Gasteiger partial charge in [-0.2, -0.15) is 10.4 Å². The summed E-state index contributed by atoms with van der Waals surface area (Å²) in [5.41, 5.74) is 2.58. The first-order chi connectivity index (χ1) is 11.2. The first-order valence-corrected chi connectivity index (χ1v) is 7.18. The van der Waals surface area contributed by atoms with Crippen LogP contribution in [0.5, 0.6) is 0 Å². The van der Waals surface area contributed by atoms with Crippen molar-refractivity contribution in [3.63, 3.8) is 0 Å². The predicted molar refractivity (Wildman–Crippen MR) is 86.8 cm³/mol. The molecule has 0 atom stereocenters. The molecule has 1 heterocycles. The number of anilines is 1. The zero-order chi connectivity index (χ0) is 16.2. The van der Waals surface area contributed by atoms with Crippen molar-refractivity contribution in [2.45, 2.75) is 6.54 Å². The Hall–Kier alpha value is -3.13. The molecule has 0 saturated carbocycles. The van der Waals surface area contributed by atoms with Crippen LogP contribution in [0.3, 0.4) is 0 Å². The minimum Gasteiger partial charge on any atom is -0.369 e. The average Bonchev–Trinajstić information content (AvgIpc) is 3.04. The molecular formula is C18H15FN4. The summed E-state index contributed by atoms with van der Waals surface area (Å²) in [6.07, 6.45) is 3.70. The molecule has 0 N–H and O–H groups in total. The minimum absolute atomic E-state index is 0.0606. The van der Waals surface area contributed by atoms with Crippen molar-refractivity contribution in [3.8, 4) is 11.8 Å². The predicted octanol–water partition coefficient (Wildman–Crippen LogP) is 3.52. The molecule has 2 aromatic carbocycles. The highest BCUT2D eigenvalue weighted by molar-refractivity contribution is 5.59. The van der Waals surface area contributed by atoms with E-state index in [2.05, 4.69) is 5.10 Å². The topological polar surface area (TPSA) is 44.9 Å². The summed E-state index contributed by atoms with van der Waals surface area (Å²) in [6.45, 7) is 0.533. The fraction of sp³-hybridized carbons (Fsp3) is 0.111. The first-order valence-electron chi connectivity index (χ1n) is 7.18. The normalized spacial score (nSPS) is 10.3. The molecule has 5 heteroatoms. The number of nitrogens with zero attached hydrogens (tertiary/aromatic N) is 4. The number of hydrogen-bond acceptors (Lipinski definition) is 3. The van der Waals surface area contributed by atoms with E-state index in [1.165, 1.54) is 6.07 Å². The van der Waals surface area contributed by atoms with Gasteiger partial charge < -0.3 is 4.90 Å². The van der Waals surface area contributed by atoms with E-state index >= 15 is 0 Å². The minimum atomic E-state index is -0.503. The number of halogens is 1. The van der Waals surface area contributed by atoms with Gasteiger partial charge in [-0.25, -0.2) is 9.07 Å². The van der Waals surface area contributed by atoms with Crippen molar-refractivity contribution >= 4 is 5.69 Å². The van der Waals surface area contributed by atoms with E-state index in [1.807, 2.05) is 54.5 Å². The third-order valence-corrected chi connectivity index (χ3v) is 3.59. The molecule has 0 saturated heterocycles. The van der Waals surface area contributed by atoms with Crippen molar-refractivity contribution in [3.05, 3.63) is 77.9 Å². The molecule has 0 fully saturated rings. The number of para-hydroxylation sites is 1. The zero-order valence-corrected chi connectivity index (χ0v) is 12.6. The number of benzene rings is 2. The summed E-state index contributed by atoms with van der Waals surface area (Å²) in [7, 11) is 1.83. The van der Waals surface area contributed by atoms with Crippen LogP contribution in [0.4, 0.5) is 10.1 Å². The van der Waals surface area contributed by atoms with Crippen molar-refractivity contribution < 1.29 is 4.39 Å². The lowest BCUT2D eigenvalue weighted by Crippen LogP contribution is -2.17. The molecule has 0 aliphatic carbocycles. The molecule has 0 radical (unpaired) electrons. The Morgan fingerprint density at radius 1 is 1.17 bits per heavy atom. The first kappa shape index (κ1) is 14.8. The van der Waals surface area contributed by atoms with Gasteiger partial charge >= 0.3 is 0 Å². The van der Waals surface area contributed by atoms with Crippen LogP contribution in [0.1, 0.15) is 11.1 Å². The van der Waals surface area contributed by atoms with Crippen LogP contribution in [0.15, 0.2) is 60.9 Å². The zero-order valence-electron chi connectivity index (χ0n) is 12.6. The van der Waals surface area contributed by atoms with Crippen LogP contribution in [0.2, 0.25) is 0 Å². The van der Waals surface area contributed by atoms with E-state index in [1.54, 1.807) is 23.0 Å². The van der Waals surface area contributed by atoms with Crippen LogP contribution in [0, 0.1) is 17.1 Å². The molecule has 0 spiro atoms. The molecule has 0 unspecified atom stereocenters. The summed E-state index contributed by atoms with van der Waals surface area (Å²) >= 11 is 0. The second kappa shape index (κ2) is 6.32. The van der Waals surface area contributed by atoms with Gasteiger partial charge in [-0.15, -0.1) is 0 Å². The highest BCUT2D eigenvalue weighted by Crippen LogP contribution is 2.23. The molecule has 23 heavy (non-hydrogen) atoms. The van der Waals surface area contributed by atoms with Gasteiger partial charge in [0.25, 0.3) is 0 Å². The quantitative estimate of drug-likeness (QED) is 0.741. The molecule has 0 aliphatic rings. The highest BCUT2D eigenvalue weighted by atomic mass is 19.1. The smallest absolute Gasteiger partial charge is 0.143 e. The molecule has 114 valence electrons. The molecule has 3 aromatic rings. The van der Waals surface area contributed by atoms with Gasteiger partial charge in [0.05, 0.1) is 17.6 Å². The van der Waals surface area contributed by atoms with Gasteiger partial charge in [-0.3, -0.25) is 0 Å². The maximum Gasteiger partial charge on any atom is 0.143 e. The average molecular weight is 306 g/mol. The number of hydrogen-bond donors (Lipinski definition) is 0. The maximum atomic E-state index is 13.7. The summed E-state index contributed by atoms with van der Waals surface area (Å²) in [5, 5.41) is 13.5. The van der Waals surface area contributed by atoms with E-state index in [9.17, 15) is 4.39 Å². The third-order valence-electron chi connectivity index (χ3n) is 3.59. The van der Waals surface area contributed by atoms with Crippen LogP contribution in [0.25, 0.3) is 5.69 Å². The van der Waals surface area contributed by atoms with Crippen LogP contribution < -0.4 is 4.90 Å². The van der Waals surface area contributed by atoms with Crippen molar-refractivity contribution in [2.24, 2.45) is 0 Å². The van der Waals surface area contributed by atoms with Gasteiger partial charge in [0.15, 0.2) is 0 Å². The second-order valence-corrected chi connectivity index (χ2v) is 5.23. The molecule has 1 aromatic heterocycles. The van der Waals surface area contributed by atoms with Crippen LogP contribution in [-0.4, -0.2) is 16.8 Å². The van der Waals surface area contributed by atoms with Gasteiger partial charge in [0.1, 0.15) is 17.4 Å². The number of aromatic nitrogens is 2.